The van der Waals surface area contributed by atoms with Crippen LogP contribution in [0.15, 0.2) is 79.1 Å². The van der Waals surface area contributed by atoms with Crippen LogP contribution in [0.5, 0.6) is 11.6 Å². The Morgan fingerprint density at radius 2 is 1.44 bits per heavy atom. The third-order valence-electron chi connectivity index (χ3n) is 7.65. The van der Waals surface area contributed by atoms with Gasteiger partial charge in [-0.15, -0.1) is 18.2 Å². The molecule has 0 N–H and O–H groups in total. The molecule has 5 heteroatoms. The number of rotatable bonds is 8. The average molecular weight is 719 g/mol. The monoisotopic (exact) mass is 718 g/mol. The van der Waals surface area contributed by atoms with Crippen LogP contribution in [0.25, 0.3) is 38.8 Å². The van der Waals surface area contributed by atoms with Crippen molar-refractivity contribution in [2.24, 2.45) is 0 Å². The van der Waals surface area contributed by atoms with E-state index in [-0.39, 0.29) is 21.1 Å². The van der Waals surface area contributed by atoms with Gasteiger partial charge in [0, 0.05) is 29.7 Å². The van der Waals surface area contributed by atoms with E-state index >= 15 is 0 Å². The summed E-state index contributed by atoms with van der Waals surface area (Å²) in [4.78, 5) is 9.20. The molecule has 3 aromatic carbocycles. The molecule has 0 aliphatic carbocycles. The molecule has 0 amide bonds. The van der Waals surface area contributed by atoms with Crippen LogP contribution >= 0.6 is 0 Å². The zero-order valence-electron chi connectivity index (χ0n) is 23.9. The molecule has 0 radical (unpaired) electrons. The van der Waals surface area contributed by atoms with E-state index < -0.39 is 0 Å². The number of benzene rings is 3. The van der Waals surface area contributed by atoms with E-state index in [1.54, 1.807) is 6.20 Å². The number of ether oxygens (including phenoxy) is 1. The van der Waals surface area contributed by atoms with Crippen molar-refractivity contribution in [3.8, 4) is 28.6 Å². The van der Waals surface area contributed by atoms with Gasteiger partial charge in [-0.3, -0.25) is 0 Å². The zero-order chi connectivity index (χ0) is 27.6. The predicted octanol–water partition coefficient (Wildman–Crippen LogP) is 8.88. The maximum Gasteiger partial charge on any atom is 2.00 e. The van der Waals surface area contributed by atoms with Gasteiger partial charge in [-0.2, -0.15) is 23.8 Å². The van der Waals surface area contributed by atoms with Gasteiger partial charge in [-0.25, -0.2) is 21.1 Å². The van der Waals surface area contributed by atoms with E-state index in [2.05, 4.69) is 91.8 Å². The number of aryl methyl sites for hydroxylation is 4. The number of hydrogen-bond donors (Lipinski definition) is 0. The molecular weight excluding hydrogens is 685 g/mol. The Labute approximate surface area is 256 Å². The molecule has 4 nitrogen and oxygen atoms in total. The summed E-state index contributed by atoms with van der Waals surface area (Å²) in [6, 6.07) is 30.7. The Balaban J connectivity index is 0.00000337. The smallest absolute Gasteiger partial charge is 0.460 e. The maximum atomic E-state index is 6.14. The molecule has 208 valence electrons. The van der Waals surface area contributed by atoms with Crippen LogP contribution in [0.3, 0.4) is 0 Å². The van der Waals surface area contributed by atoms with Gasteiger partial charge in [0.25, 0.3) is 0 Å². The van der Waals surface area contributed by atoms with Crippen molar-refractivity contribution >= 4 is 21.8 Å². The normalized spacial score (nSPS) is 11.1. The van der Waals surface area contributed by atoms with Gasteiger partial charge in [0.05, 0.1) is 0 Å². The molecule has 0 fully saturated rings. The first-order valence-corrected chi connectivity index (χ1v) is 14.2. The van der Waals surface area contributed by atoms with E-state index in [0.717, 1.165) is 53.7 Å². The Kier molecular flexibility index (Phi) is 8.70. The maximum absolute atomic E-state index is 6.14. The minimum Gasteiger partial charge on any atom is -0.460 e. The van der Waals surface area contributed by atoms with Crippen molar-refractivity contribution in [2.75, 3.05) is 0 Å². The second-order valence-electron chi connectivity index (χ2n) is 10.1. The number of nitrogens with zero attached hydrogens (tertiary/aromatic N) is 3. The summed E-state index contributed by atoms with van der Waals surface area (Å²) >= 11 is 0. The van der Waals surface area contributed by atoms with Crippen molar-refractivity contribution in [1.82, 2.24) is 14.5 Å². The summed E-state index contributed by atoms with van der Waals surface area (Å²) in [5.41, 5.74) is 9.14. The second kappa shape index (κ2) is 12.4. The fraction of sp³-hybridized carbons (Fsp3) is 0.222. The van der Waals surface area contributed by atoms with E-state index in [9.17, 15) is 0 Å². The summed E-state index contributed by atoms with van der Waals surface area (Å²) in [6.45, 7) is 8.70. The molecular formula is C36H33N3OPt. The molecule has 6 rings (SSSR count). The average Bonchev–Trinajstić information content (AvgIpc) is 3.33. The summed E-state index contributed by atoms with van der Waals surface area (Å²) < 4.78 is 8.40. The molecule has 41 heavy (non-hydrogen) atoms. The standard InChI is InChI=1S/C36H33N3O.Pt/c1-5-24-12-13-33-31(18-24)32-22-27(8-4)30(23-34(32)39(33)35-19-25(6-2)14-16-37-35)28-10-9-11-29(21-28)40-36-20-26(7-3)15-17-38-36;/h9-20,22H,5-8H2,1-4H3;/q-2;+2. The summed E-state index contributed by atoms with van der Waals surface area (Å²) in [7, 11) is 0. The van der Waals surface area contributed by atoms with E-state index in [0.29, 0.717) is 11.6 Å². The first-order valence-electron chi connectivity index (χ1n) is 14.2. The zero-order valence-corrected chi connectivity index (χ0v) is 26.2. The number of fused-ring (bicyclic) bond motifs is 3. The Morgan fingerprint density at radius 3 is 2.20 bits per heavy atom. The van der Waals surface area contributed by atoms with E-state index in [4.69, 9.17) is 9.72 Å². The molecule has 0 bridgehead atoms. The largest absolute Gasteiger partial charge is 2.00 e. The van der Waals surface area contributed by atoms with Crippen LogP contribution in [-0.4, -0.2) is 14.5 Å². The minimum absolute atomic E-state index is 0. The van der Waals surface area contributed by atoms with Crippen LogP contribution in [0.2, 0.25) is 0 Å². The molecule has 0 spiro atoms. The number of hydrogen-bond acceptors (Lipinski definition) is 3. The summed E-state index contributed by atoms with van der Waals surface area (Å²) in [5, 5.41) is 2.43. The van der Waals surface area contributed by atoms with Crippen molar-refractivity contribution in [3.05, 3.63) is 114 Å². The number of aromatic nitrogens is 3. The van der Waals surface area contributed by atoms with Gasteiger partial charge >= 0.3 is 21.1 Å². The van der Waals surface area contributed by atoms with Crippen molar-refractivity contribution in [1.29, 1.82) is 0 Å². The van der Waals surface area contributed by atoms with Crippen LogP contribution in [0.4, 0.5) is 0 Å². The Hall–Kier alpha value is -3.75. The van der Waals surface area contributed by atoms with Gasteiger partial charge in [0.2, 0.25) is 5.88 Å². The van der Waals surface area contributed by atoms with Gasteiger partial charge in [0.1, 0.15) is 5.82 Å². The third kappa shape index (κ3) is 5.59. The first-order chi connectivity index (χ1) is 19.6. The van der Waals surface area contributed by atoms with Gasteiger partial charge in [-0.05, 0) is 71.1 Å². The van der Waals surface area contributed by atoms with E-state index in [1.807, 2.05) is 30.5 Å². The van der Waals surface area contributed by atoms with Gasteiger partial charge in [-0.1, -0.05) is 51.6 Å². The van der Waals surface area contributed by atoms with Crippen LogP contribution in [0.1, 0.15) is 49.9 Å². The van der Waals surface area contributed by atoms with E-state index in [1.165, 1.54) is 33.0 Å². The van der Waals surface area contributed by atoms with Crippen molar-refractivity contribution in [3.63, 3.8) is 0 Å². The predicted molar refractivity (Wildman–Crippen MR) is 164 cm³/mol. The topological polar surface area (TPSA) is 39.9 Å². The fourth-order valence-electron chi connectivity index (χ4n) is 5.35. The van der Waals surface area contributed by atoms with Crippen molar-refractivity contribution in [2.45, 2.75) is 53.4 Å². The van der Waals surface area contributed by atoms with Gasteiger partial charge < -0.3 is 9.30 Å². The van der Waals surface area contributed by atoms with Crippen LogP contribution < -0.4 is 4.74 Å². The molecule has 0 aliphatic rings. The quantitative estimate of drug-likeness (QED) is 0.148. The molecule has 0 atom stereocenters. The third-order valence-corrected chi connectivity index (χ3v) is 7.65. The first kappa shape index (κ1) is 28.8. The Bertz CT molecular complexity index is 1840. The molecule has 3 aromatic heterocycles. The molecule has 0 saturated heterocycles. The van der Waals surface area contributed by atoms with Crippen LogP contribution in [0, 0.1) is 12.1 Å². The van der Waals surface area contributed by atoms with Gasteiger partial charge in [0.15, 0.2) is 0 Å². The summed E-state index contributed by atoms with van der Waals surface area (Å²) in [6.07, 6.45) is 7.46. The molecule has 0 unspecified atom stereocenters. The number of pyridine rings is 2. The molecule has 0 saturated carbocycles. The molecule has 0 aliphatic heterocycles. The molecule has 3 heterocycles. The van der Waals surface area contributed by atoms with Crippen molar-refractivity contribution < 1.29 is 25.8 Å². The SMILES string of the molecule is CCc1ccnc(Oc2[c-]c(-c3[c-]c4c(cc3CC)c3cc(CC)ccc3n4-c3cc(CC)ccn3)ccc2)c1.[Pt+2]. The molecule has 6 aromatic rings. The fourth-order valence-corrected chi connectivity index (χ4v) is 5.35. The summed E-state index contributed by atoms with van der Waals surface area (Å²) in [5.74, 6) is 2.13. The van der Waals surface area contributed by atoms with Crippen LogP contribution in [-0.2, 0) is 46.7 Å². The Morgan fingerprint density at radius 1 is 0.707 bits per heavy atom. The second-order valence-corrected chi connectivity index (χ2v) is 10.1. The minimum atomic E-state index is 0.